The van der Waals surface area contributed by atoms with Crippen LogP contribution in [0.5, 0.6) is 0 Å². The van der Waals surface area contributed by atoms with Gasteiger partial charge in [0.1, 0.15) is 0 Å². The summed E-state index contributed by atoms with van der Waals surface area (Å²) in [5, 5.41) is -0.967. The molecule has 0 bridgehead atoms. The predicted octanol–water partition coefficient (Wildman–Crippen LogP) is 3.58. The highest BCUT2D eigenvalue weighted by molar-refractivity contribution is 6.63. The average molecular weight is 301 g/mol. The highest BCUT2D eigenvalue weighted by Crippen LogP contribution is 2.21. The van der Waals surface area contributed by atoms with Crippen LogP contribution in [-0.2, 0) is 9.59 Å². The zero-order valence-electron chi connectivity index (χ0n) is 10.3. The Morgan fingerprint density at radius 2 is 1.37 bits per heavy atom. The topological polar surface area (TPSA) is 51.2 Å². The van der Waals surface area contributed by atoms with Crippen LogP contribution in [0.3, 0.4) is 0 Å². The summed E-state index contributed by atoms with van der Waals surface area (Å²) in [4.78, 5) is 33.9. The van der Waals surface area contributed by atoms with Crippen LogP contribution in [0.1, 0.15) is 36.0 Å². The third-order valence-electron chi connectivity index (χ3n) is 2.81. The highest BCUT2D eigenvalue weighted by atomic mass is 35.5. The number of Topliss-reactive ketones (excluding diaryl/α,β-unsaturated/α-hetero) is 1. The largest absolute Gasteiger partial charge is 0.294 e. The van der Waals surface area contributed by atoms with Crippen LogP contribution in [0.2, 0.25) is 0 Å². The summed E-state index contributed by atoms with van der Waals surface area (Å²) in [5.74, 6) is -0.496. The smallest absolute Gasteiger partial charge is 0.221 e. The maximum Gasteiger partial charge on any atom is 0.221 e. The normalized spacial score (nSPS) is 10.5. The van der Waals surface area contributed by atoms with Crippen LogP contribution in [0.15, 0.2) is 30.3 Å². The van der Waals surface area contributed by atoms with Gasteiger partial charge in [0.15, 0.2) is 5.78 Å². The molecule has 0 fully saturated rings. The number of hydrogen-bond donors (Lipinski definition) is 0. The van der Waals surface area contributed by atoms with Gasteiger partial charge in [0.2, 0.25) is 10.5 Å². The second-order valence-corrected chi connectivity index (χ2v) is 5.06. The quantitative estimate of drug-likeness (QED) is 0.545. The molecule has 0 radical (unpaired) electrons. The van der Waals surface area contributed by atoms with Crippen molar-refractivity contribution >= 4 is 39.5 Å². The van der Waals surface area contributed by atoms with Gasteiger partial charge in [0.05, 0.1) is 0 Å². The van der Waals surface area contributed by atoms with Gasteiger partial charge in [0.25, 0.3) is 0 Å². The Labute approximate surface area is 121 Å². The number of hydrogen-bond acceptors (Lipinski definition) is 3. The highest BCUT2D eigenvalue weighted by Gasteiger charge is 2.21. The van der Waals surface area contributed by atoms with E-state index in [1.165, 1.54) is 0 Å². The molecule has 19 heavy (non-hydrogen) atoms. The third kappa shape index (κ3) is 5.99. The van der Waals surface area contributed by atoms with Crippen molar-refractivity contribution in [3.8, 4) is 0 Å². The Kier molecular flexibility index (Phi) is 6.74. The SMILES string of the molecule is O=C(Cl)CCC(CCC(=O)Cl)C(=O)c1ccccc1. The van der Waals surface area contributed by atoms with Gasteiger partial charge in [-0.3, -0.25) is 14.4 Å². The van der Waals surface area contributed by atoms with Crippen molar-refractivity contribution in [2.75, 3.05) is 0 Å². The summed E-state index contributed by atoms with van der Waals surface area (Å²) in [6.07, 6.45) is 0.892. The lowest BCUT2D eigenvalue weighted by atomic mass is 9.89. The molecule has 0 unspecified atom stereocenters. The fourth-order valence-corrected chi connectivity index (χ4v) is 2.04. The molecule has 0 heterocycles. The lowest BCUT2D eigenvalue weighted by Crippen LogP contribution is -2.16. The maximum atomic E-state index is 12.3. The lowest BCUT2D eigenvalue weighted by Gasteiger charge is -2.14. The standard InChI is InChI=1S/C14H14Cl2O3/c15-12(17)8-6-11(7-9-13(16)18)14(19)10-4-2-1-3-5-10/h1-5,11H,6-9H2. The molecule has 102 valence electrons. The van der Waals surface area contributed by atoms with Gasteiger partial charge in [-0.15, -0.1) is 0 Å². The molecular weight excluding hydrogens is 287 g/mol. The first-order chi connectivity index (χ1) is 9.00. The molecule has 1 aromatic carbocycles. The van der Waals surface area contributed by atoms with E-state index in [2.05, 4.69) is 0 Å². The fraction of sp³-hybridized carbons (Fsp3) is 0.357. The molecule has 0 amide bonds. The van der Waals surface area contributed by atoms with E-state index in [0.717, 1.165) is 0 Å². The molecule has 0 N–H and O–H groups in total. The third-order valence-corrected chi connectivity index (χ3v) is 3.19. The summed E-state index contributed by atoms with van der Waals surface area (Å²) in [5.41, 5.74) is 0.566. The summed E-state index contributed by atoms with van der Waals surface area (Å²) >= 11 is 10.6. The first kappa shape index (κ1) is 15.9. The molecule has 5 heteroatoms. The molecule has 0 saturated heterocycles. The molecule has 0 aliphatic heterocycles. The van der Waals surface area contributed by atoms with E-state index in [9.17, 15) is 14.4 Å². The second-order valence-electron chi connectivity index (χ2n) is 4.21. The molecule has 0 aromatic heterocycles. The average Bonchev–Trinajstić information content (AvgIpc) is 2.38. The molecule has 0 aliphatic carbocycles. The lowest BCUT2D eigenvalue weighted by molar-refractivity contribution is -0.112. The van der Waals surface area contributed by atoms with Crippen molar-refractivity contribution in [3.63, 3.8) is 0 Å². The number of rotatable bonds is 8. The van der Waals surface area contributed by atoms with Crippen molar-refractivity contribution in [2.45, 2.75) is 25.7 Å². The van der Waals surface area contributed by atoms with Crippen molar-refractivity contribution in [2.24, 2.45) is 5.92 Å². The minimum Gasteiger partial charge on any atom is -0.294 e. The fourth-order valence-electron chi connectivity index (χ4n) is 1.82. The van der Waals surface area contributed by atoms with Gasteiger partial charge in [-0.2, -0.15) is 0 Å². The number of benzene rings is 1. The number of halogens is 2. The number of carbonyl (C=O) groups is 3. The minimum absolute atomic E-state index is 0.0866. The van der Waals surface area contributed by atoms with Gasteiger partial charge < -0.3 is 0 Å². The molecule has 1 rings (SSSR count). The maximum absolute atomic E-state index is 12.3. The zero-order chi connectivity index (χ0) is 14.3. The number of ketones is 1. The van der Waals surface area contributed by atoms with Crippen LogP contribution in [0.25, 0.3) is 0 Å². The first-order valence-corrected chi connectivity index (χ1v) is 6.72. The van der Waals surface area contributed by atoms with Crippen molar-refractivity contribution < 1.29 is 14.4 Å². The summed E-state index contributed by atoms with van der Waals surface area (Å²) in [7, 11) is 0. The van der Waals surface area contributed by atoms with E-state index in [1.54, 1.807) is 24.3 Å². The van der Waals surface area contributed by atoms with Gasteiger partial charge in [-0.25, -0.2) is 0 Å². The second kappa shape index (κ2) is 8.08. The van der Waals surface area contributed by atoms with E-state index in [-0.39, 0.29) is 18.6 Å². The predicted molar refractivity (Wildman–Crippen MR) is 74.5 cm³/mol. The van der Waals surface area contributed by atoms with Crippen molar-refractivity contribution in [1.82, 2.24) is 0 Å². The molecular formula is C14H14Cl2O3. The van der Waals surface area contributed by atoms with E-state index in [1.807, 2.05) is 6.07 Å². The summed E-state index contributed by atoms with van der Waals surface area (Å²) < 4.78 is 0. The van der Waals surface area contributed by atoms with Crippen LogP contribution in [-0.4, -0.2) is 16.3 Å². The molecule has 3 nitrogen and oxygen atoms in total. The van der Waals surface area contributed by atoms with E-state index in [4.69, 9.17) is 23.2 Å². The summed E-state index contributed by atoms with van der Waals surface area (Å²) in [6, 6.07) is 8.77. The van der Waals surface area contributed by atoms with Gasteiger partial charge >= 0.3 is 0 Å². The Bertz CT molecular complexity index is 439. The Balaban J connectivity index is 2.73. The molecule has 0 atom stereocenters. The van der Waals surface area contributed by atoms with Crippen molar-refractivity contribution in [1.29, 1.82) is 0 Å². The van der Waals surface area contributed by atoms with E-state index < -0.39 is 16.4 Å². The molecule has 0 aliphatic rings. The van der Waals surface area contributed by atoms with Gasteiger partial charge in [-0.1, -0.05) is 30.3 Å². The van der Waals surface area contributed by atoms with E-state index >= 15 is 0 Å². The van der Waals surface area contributed by atoms with Crippen LogP contribution in [0.4, 0.5) is 0 Å². The van der Waals surface area contributed by atoms with Crippen molar-refractivity contribution in [3.05, 3.63) is 35.9 Å². The zero-order valence-corrected chi connectivity index (χ0v) is 11.8. The van der Waals surface area contributed by atoms with Crippen LogP contribution in [0, 0.1) is 5.92 Å². The Hall–Kier alpha value is -1.19. The Morgan fingerprint density at radius 3 is 1.79 bits per heavy atom. The van der Waals surface area contributed by atoms with Gasteiger partial charge in [-0.05, 0) is 36.0 Å². The number of carbonyl (C=O) groups excluding carboxylic acids is 3. The molecule has 0 spiro atoms. The molecule has 1 aromatic rings. The Morgan fingerprint density at radius 1 is 0.895 bits per heavy atom. The van der Waals surface area contributed by atoms with Crippen LogP contribution >= 0.6 is 23.2 Å². The van der Waals surface area contributed by atoms with Gasteiger partial charge in [0, 0.05) is 24.3 Å². The monoisotopic (exact) mass is 300 g/mol. The van der Waals surface area contributed by atoms with Crippen LogP contribution < -0.4 is 0 Å². The van der Waals surface area contributed by atoms with E-state index in [0.29, 0.717) is 18.4 Å². The first-order valence-electron chi connectivity index (χ1n) is 5.96. The minimum atomic E-state index is -0.483. The summed E-state index contributed by atoms with van der Waals surface area (Å²) in [6.45, 7) is 0. The molecule has 0 saturated carbocycles.